The smallest absolute Gasteiger partial charge is 0.323 e. The van der Waals surface area contributed by atoms with E-state index in [1.807, 2.05) is 6.07 Å². The van der Waals surface area contributed by atoms with Crippen LogP contribution >= 0.6 is 11.3 Å². The highest BCUT2D eigenvalue weighted by Gasteiger charge is 2.24. The SMILES string of the molecule is O=C(Nc1ncc(Cc2cccc(F)c2)s1)N1CCCC(OCCO)C1. The fourth-order valence-corrected chi connectivity index (χ4v) is 3.78. The lowest BCUT2D eigenvalue weighted by molar-refractivity contribution is -0.00462. The summed E-state index contributed by atoms with van der Waals surface area (Å²) >= 11 is 1.38. The molecule has 1 unspecified atom stereocenters. The molecule has 6 nitrogen and oxygen atoms in total. The summed E-state index contributed by atoms with van der Waals surface area (Å²) < 4.78 is 18.8. The Bertz CT molecular complexity index is 740. The van der Waals surface area contributed by atoms with Crippen molar-refractivity contribution in [1.82, 2.24) is 9.88 Å². The second-order valence-corrected chi connectivity index (χ2v) is 7.29. The van der Waals surface area contributed by atoms with Crippen LogP contribution in [-0.4, -0.2) is 53.4 Å². The van der Waals surface area contributed by atoms with Gasteiger partial charge in [-0.2, -0.15) is 0 Å². The van der Waals surface area contributed by atoms with Gasteiger partial charge in [0.05, 0.1) is 19.3 Å². The van der Waals surface area contributed by atoms with E-state index in [1.54, 1.807) is 17.2 Å². The first-order chi connectivity index (χ1) is 12.6. The highest BCUT2D eigenvalue weighted by Crippen LogP contribution is 2.22. The number of piperidine rings is 1. The maximum atomic E-state index is 13.3. The molecule has 1 atom stereocenters. The molecule has 1 fully saturated rings. The van der Waals surface area contributed by atoms with Crippen LogP contribution in [0.5, 0.6) is 0 Å². The molecule has 0 bridgehead atoms. The zero-order chi connectivity index (χ0) is 18.4. The number of hydrogen-bond acceptors (Lipinski definition) is 5. The number of nitrogens with zero attached hydrogens (tertiary/aromatic N) is 2. The van der Waals surface area contributed by atoms with Crippen LogP contribution in [0.25, 0.3) is 0 Å². The fourth-order valence-electron chi connectivity index (χ4n) is 2.94. The van der Waals surface area contributed by atoms with E-state index in [4.69, 9.17) is 9.84 Å². The first-order valence-corrected chi connectivity index (χ1v) is 9.43. The summed E-state index contributed by atoms with van der Waals surface area (Å²) in [4.78, 5) is 19.3. The van der Waals surface area contributed by atoms with Crippen LogP contribution in [0.15, 0.2) is 30.5 Å². The molecular weight excluding hydrogens is 357 g/mol. The predicted molar refractivity (Wildman–Crippen MR) is 98.0 cm³/mol. The van der Waals surface area contributed by atoms with Crippen molar-refractivity contribution in [2.75, 3.05) is 31.6 Å². The third kappa shape index (κ3) is 5.23. The molecule has 2 N–H and O–H groups in total. The number of carbonyl (C=O) groups is 1. The minimum atomic E-state index is -0.261. The van der Waals surface area contributed by atoms with E-state index in [0.29, 0.717) is 24.6 Å². The number of carbonyl (C=O) groups excluding carboxylic acids is 1. The Morgan fingerprint density at radius 2 is 2.38 bits per heavy atom. The molecule has 26 heavy (non-hydrogen) atoms. The Labute approximate surface area is 155 Å². The standard InChI is InChI=1S/C18H22FN3O3S/c19-14-4-1-3-13(9-14)10-16-11-20-17(26-16)21-18(24)22-6-2-5-15(12-22)25-8-7-23/h1,3-4,9,11,15,23H,2,5-8,10,12H2,(H,20,21,24). The molecule has 2 aromatic rings. The molecule has 1 aliphatic heterocycles. The number of likely N-dealkylation sites (tertiary alicyclic amines) is 1. The molecule has 1 aromatic heterocycles. The van der Waals surface area contributed by atoms with Crippen LogP contribution in [0.3, 0.4) is 0 Å². The van der Waals surface area contributed by atoms with Crippen LogP contribution in [-0.2, 0) is 11.2 Å². The summed E-state index contributed by atoms with van der Waals surface area (Å²) in [5, 5.41) is 12.2. The maximum absolute atomic E-state index is 13.3. The second-order valence-electron chi connectivity index (χ2n) is 6.17. The zero-order valence-electron chi connectivity index (χ0n) is 14.4. The second kappa shape index (κ2) is 9.07. The number of halogens is 1. The van der Waals surface area contributed by atoms with Gasteiger partial charge >= 0.3 is 6.03 Å². The van der Waals surface area contributed by atoms with Gasteiger partial charge in [-0.3, -0.25) is 5.32 Å². The number of amides is 2. The third-order valence-corrected chi connectivity index (χ3v) is 5.06. The molecule has 8 heteroatoms. The Balaban J connectivity index is 1.54. The van der Waals surface area contributed by atoms with E-state index in [-0.39, 0.29) is 31.2 Å². The molecule has 0 saturated carbocycles. The molecule has 0 spiro atoms. The van der Waals surface area contributed by atoms with Crippen molar-refractivity contribution in [2.45, 2.75) is 25.4 Å². The Morgan fingerprint density at radius 1 is 1.50 bits per heavy atom. The van der Waals surface area contributed by atoms with Crippen LogP contribution in [0.1, 0.15) is 23.3 Å². The first kappa shape index (κ1) is 18.8. The molecule has 140 valence electrons. The number of aromatic nitrogens is 1. The number of ether oxygens (including phenoxy) is 1. The molecule has 0 aliphatic carbocycles. The normalized spacial score (nSPS) is 17.3. The van der Waals surface area contributed by atoms with Crippen LogP contribution in [0.2, 0.25) is 0 Å². The summed E-state index contributed by atoms with van der Waals surface area (Å²) in [6.07, 6.45) is 3.99. The van der Waals surface area contributed by atoms with Crippen molar-refractivity contribution in [3.05, 3.63) is 46.7 Å². The van der Waals surface area contributed by atoms with Crippen molar-refractivity contribution in [1.29, 1.82) is 0 Å². The number of aliphatic hydroxyl groups excluding tert-OH is 1. The number of thiazole rings is 1. The number of nitrogens with one attached hydrogen (secondary N) is 1. The average molecular weight is 379 g/mol. The van der Waals surface area contributed by atoms with E-state index in [0.717, 1.165) is 23.3 Å². The molecule has 2 heterocycles. The lowest BCUT2D eigenvalue weighted by Crippen LogP contribution is -2.45. The number of urea groups is 1. The van der Waals surface area contributed by atoms with Crippen LogP contribution < -0.4 is 5.32 Å². The van der Waals surface area contributed by atoms with Crippen LogP contribution in [0, 0.1) is 5.82 Å². The Hall–Kier alpha value is -2.03. The minimum Gasteiger partial charge on any atom is -0.394 e. The van der Waals surface area contributed by atoms with Gasteiger partial charge in [0.2, 0.25) is 0 Å². The summed E-state index contributed by atoms with van der Waals surface area (Å²) in [7, 11) is 0. The summed E-state index contributed by atoms with van der Waals surface area (Å²) in [6.45, 7) is 1.45. The number of rotatable bonds is 6. The van der Waals surface area contributed by atoms with Crippen molar-refractivity contribution in [2.24, 2.45) is 0 Å². The van der Waals surface area contributed by atoms with Crippen molar-refractivity contribution < 1.29 is 19.0 Å². The Kier molecular flexibility index (Phi) is 6.54. The van der Waals surface area contributed by atoms with Gasteiger partial charge in [0.15, 0.2) is 5.13 Å². The lowest BCUT2D eigenvalue weighted by atomic mass is 10.1. The first-order valence-electron chi connectivity index (χ1n) is 8.61. The van der Waals surface area contributed by atoms with Gasteiger partial charge in [0, 0.05) is 30.6 Å². The van der Waals surface area contributed by atoms with Gasteiger partial charge in [-0.1, -0.05) is 12.1 Å². The molecule has 2 amide bonds. The van der Waals surface area contributed by atoms with Crippen molar-refractivity contribution in [3.63, 3.8) is 0 Å². The van der Waals surface area contributed by atoms with Gasteiger partial charge < -0.3 is 14.7 Å². The van der Waals surface area contributed by atoms with Crippen molar-refractivity contribution >= 4 is 22.5 Å². The maximum Gasteiger partial charge on any atom is 0.323 e. The summed E-state index contributed by atoms with van der Waals surface area (Å²) in [6, 6.07) is 6.26. The van der Waals surface area contributed by atoms with E-state index in [9.17, 15) is 9.18 Å². The average Bonchev–Trinajstić information content (AvgIpc) is 3.07. The van der Waals surface area contributed by atoms with Crippen molar-refractivity contribution in [3.8, 4) is 0 Å². The number of aliphatic hydroxyl groups is 1. The Morgan fingerprint density at radius 3 is 3.19 bits per heavy atom. The highest BCUT2D eigenvalue weighted by molar-refractivity contribution is 7.15. The van der Waals surface area contributed by atoms with Gasteiger partial charge in [-0.15, -0.1) is 11.3 Å². The number of benzene rings is 1. The third-order valence-electron chi connectivity index (χ3n) is 4.15. The van der Waals surface area contributed by atoms with E-state index >= 15 is 0 Å². The highest BCUT2D eigenvalue weighted by atomic mass is 32.1. The molecule has 0 radical (unpaired) electrons. The predicted octanol–water partition coefficient (Wildman–Crippen LogP) is 2.88. The van der Waals surface area contributed by atoms with Crippen LogP contribution in [0.4, 0.5) is 14.3 Å². The van der Waals surface area contributed by atoms with Gasteiger partial charge in [0.1, 0.15) is 5.82 Å². The van der Waals surface area contributed by atoms with E-state index in [2.05, 4.69) is 10.3 Å². The van der Waals surface area contributed by atoms with Gasteiger partial charge in [0.25, 0.3) is 0 Å². The number of hydrogen-bond donors (Lipinski definition) is 2. The van der Waals surface area contributed by atoms with Gasteiger partial charge in [-0.05, 0) is 30.5 Å². The molecule has 3 rings (SSSR count). The molecular formula is C18H22FN3O3S. The van der Waals surface area contributed by atoms with E-state index < -0.39 is 0 Å². The molecule has 1 aromatic carbocycles. The largest absolute Gasteiger partial charge is 0.394 e. The molecule has 1 saturated heterocycles. The number of anilines is 1. The topological polar surface area (TPSA) is 74.7 Å². The minimum absolute atomic E-state index is 0.0180. The monoisotopic (exact) mass is 379 g/mol. The fraction of sp³-hybridized carbons (Fsp3) is 0.444. The van der Waals surface area contributed by atoms with Gasteiger partial charge in [-0.25, -0.2) is 14.2 Å². The molecule has 1 aliphatic rings. The lowest BCUT2D eigenvalue weighted by Gasteiger charge is -2.32. The zero-order valence-corrected chi connectivity index (χ0v) is 15.2. The van der Waals surface area contributed by atoms with E-state index in [1.165, 1.54) is 23.5 Å². The summed E-state index contributed by atoms with van der Waals surface area (Å²) in [5.74, 6) is -0.261. The quantitative estimate of drug-likeness (QED) is 0.809. The summed E-state index contributed by atoms with van der Waals surface area (Å²) in [5.41, 5.74) is 0.867.